The van der Waals surface area contributed by atoms with E-state index in [1.807, 2.05) is 22.9 Å². The third-order valence-electron chi connectivity index (χ3n) is 5.00. The van der Waals surface area contributed by atoms with Gasteiger partial charge in [-0.25, -0.2) is 17.5 Å². The fraction of sp³-hybridized carbons (Fsp3) is 0.300. The van der Waals surface area contributed by atoms with Crippen LogP contribution >= 0.6 is 0 Å². The Balaban J connectivity index is 1.59. The molecule has 6 nitrogen and oxygen atoms in total. The van der Waals surface area contributed by atoms with Gasteiger partial charge in [0.15, 0.2) is 0 Å². The number of pyridine rings is 1. The highest BCUT2D eigenvalue weighted by atomic mass is 32.2. The SMILES string of the molecule is O=S(=O)(NCc1cc(-c2ccncc2)n(C2CCCC2)n1)c1ccc(F)cc1. The van der Waals surface area contributed by atoms with Crippen LogP contribution in [-0.2, 0) is 16.6 Å². The Hall–Kier alpha value is -2.58. The number of hydrogen-bond acceptors (Lipinski definition) is 4. The van der Waals surface area contributed by atoms with Crippen molar-refractivity contribution in [2.75, 3.05) is 0 Å². The molecule has 2 aromatic heterocycles. The highest BCUT2D eigenvalue weighted by Gasteiger charge is 2.23. The first-order chi connectivity index (χ1) is 13.5. The van der Waals surface area contributed by atoms with Crippen LogP contribution in [0.5, 0.6) is 0 Å². The number of benzene rings is 1. The van der Waals surface area contributed by atoms with Crippen LogP contribution < -0.4 is 4.72 Å². The van der Waals surface area contributed by atoms with Crippen molar-refractivity contribution in [1.82, 2.24) is 19.5 Å². The third kappa shape index (κ3) is 3.98. The maximum atomic E-state index is 13.0. The lowest BCUT2D eigenvalue weighted by Crippen LogP contribution is -2.23. The number of nitrogens with zero attached hydrogens (tertiary/aromatic N) is 3. The predicted octanol–water partition coefficient (Wildman–Crippen LogP) is 3.68. The molecule has 1 aliphatic rings. The monoisotopic (exact) mass is 400 g/mol. The molecular weight excluding hydrogens is 379 g/mol. The van der Waals surface area contributed by atoms with E-state index < -0.39 is 15.8 Å². The van der Waals surface area contributed by atoms with E-state index >= 15 is 0 Å². The van der Waals surface area contributed by atoms with Gasteiger partial charge in [-0.05, 0) is 55.3 Å². The summed E-state index contributed by atoms with van der Waals surface area (Å²) in [6, 6.07) is 10.8. The molecule has 0 amide bonds. The second kappa shape index (κ2) is 7.81. The molecule has 4 rings (SSSR count). The molecule has 0 atom stereocenters. The van der Waals surface area contributed by atoms with Crippen molar-refractivity contribution in [3.63, 3.8) is 0 Å². The summed E-state index contributed by atoms with van der Waals surface area (Å²) >= 11 is 0. The van der Waals surface area contributed by atoms with Gasteiger partial charge in [0.1, 0.15) is 5.82 Å². The fourth-order valence-electron chi connectivity index (χ4n) is 3.56. The van der Waals surface area contributed by atoms with Crippen molar-refractivity contribution in [1.29, 1.82) is 0 Å². The Kier molecular flexibility index (Phi) is 5.23. The third-order valence-corrected chi connectivity index (χ3v) is 6.42. The molecule has 3 aromatic rings. The summed E-state index contributed by atoms with van der Waals surface area (Å²) in [5, 5.41) is 4.69. The fourth-order valence-corrected chi connectivity index (χ4v) is 4.56. The number of sulfonamides is 1. The second-order valence-electron chi connectivity index (χ2n) is 6.92. The van der Waals surface area contributed by atoms with E-state index in [9.17, 15) is 12.8 Å². The van der Waals surface area contributed by atoms with E-state index in [2.05, 4.69) is 14.8 Å². The van der Waals surface area contributed by atoms with Gasteiger partial charge >= 0.3 is 0 Å². The minimum Gasteiger partial charge on any atom is -0.265 e. The summed E-state index contributed by atoms with van der Waals surface area (Å²) in [6.45, 7) is 0.0670. The van der Waals surface area contributed by atoms with Crippen LogP contribution in [0.1, 0.15) is 37.4 Å². The normalized spacial score (nSPS) is 15.2. The Morgan fingerprint density at radius 1 is 1.07 bits per heavy atom. The molecule has 0 unspecified atom stereocenters. The van der Waals surface area contributed by atoms with Gasteiger partial charge in [-0.1, -0.05) is 12.8 Å². The molecule has 1 aromatic carbocycles. The van der Waals surface area contributed by atoms with Gasteiger partial charge in [-0.3, -0.25) is 9.67 Å². The molecule has 2 heterocycles. The summed E-state index contributed by atoms with van der Waals surface area (Å²) in [5.74, 6) is -0.476. The van der Waals surface area contributed by atoms with Crippen molar-refractivity contribution in [2.24, 2.45) is 0 Å². The van der Waals surface area contributed by atoms with E-state index in [1.165, 1.54) is 25.0 Å². The molecule has 1 saturated carbocycles. The lowest BCUT2D eigenvalue weighted by Gasteiger charge is -2.14. The smallest absolute Gasteiger partial charge is 0.240 e. The molecule has 1 fully saturated rings. The zero-order valence-corrected chi connectivity index (χ0v) is 16.1. The van der Waals surface area contributed by atoms with Crippen LogP contribution in [0.2, 0.25) is 0 Å². The number of hydrogen-bond donors (Lipinski definition) is 1. The summed E-state index contributed by atoms with van der Waals surface area (Å²) in [4.78, 5) is 4.09. The van der Waals surface area contributed by atoms with Crippen molar-refractivity contribution >= 4 is 10.0 Å². The van der Waals surface area contributed by atoms with Crippen LogP contribution in [0.25, 0.3) is 11.3 Å². The minimum absolute atomic E-state index is 0.0264. The van der Waals surface area contributed by atoms with E-state index in [0.29, 0.717) is 11.7 Å². The quantitative estimate of drug-likeness (QED) is 0.685. The zero-order chi connectivity index (χ0) is 19.6. The highest BCUT2D eigenvalue weighted by molar-refractivity contribution is 7.89. The van der Waals surface area contributed by atoms with Gasteiger partial charge in [-0.15, -0.1) is 0 Å². The van der Waals surface area contributed by atoms with E-state index in [0.717, 1.165) is 36.2 Å². The lowest BCUT2D eigenvalue weighted by atomic mass is 10.1. The molecule has 1 N–H and O–H groups in total. The second-order valence-corrected chi connectivity index (χ2v) is 8.69. The summed E-state index contributed by atoms with van der Waals surface area (Å²) in [5.41, 5.74) is 2.61. The van der Waals surface area contributed by atoms with E-state index in [1.54, 1.807) is 12.4 Å². The molecule has 8 heteroatoms. The van der Waals surface area contributed by atoms with Gasteiger partial charge < -0.3 is 0 Å². The minimum atomic E-state index is -3.74. The average molecular weight is 400 g/mol. The van der Waals surface area contributed by atoms with Gasteiger partial charge in [-0.2, -0.15) is 5.10 Å². The zero-order valence-electron chi connectivity index (χ0n) is 15.3. The maximum absolute atomic E-state index is 13.0. The number of rotatable bonds is 6. The largest absolute Gasteiger partial charge is 0.265 e. The highest BCUT2D eigenvalue weighted by Crippen LogP contribution is 2.33. The number of nitrogens with one attached hydrogen (secondary N) is 1. The summed E-state index contributed by atoms with van der Waals surface area (Å²) < 4.78 is 42.5. The molecule has 1 aliphatic carbocycles. The van der Waals surface area contributed by atoms with Crippen LogP contribution in [0.15, 0.2) is 59.8 Å². The van der Waals surface area contributed by atoms with Gasteiger partial charge in [0.05, 0.1) is 28.9 Å². The standard InChI is InChI=1S/C20H21FN4O2S/c21-16-5-7-19(8-6-16)28(26,27)23-14-17-13-20(15-9-11-22-12-10-15)25(24-17)18-3-1-2-4-18/h5-13,18,23H,1-4,14H2. The molecular formula is C20H21FN4O2S. The van der Waals surface area contributed by atoms with Crippen LogP contribution in [0.4, 0.5) is 4.39 Å². The first kappa shape index (κ1) is 18.8. The molecule has 146 valence electrons. The molecule has 0 aliphatic heterocycles. The Bertz CT molecular complexity index is 1040. The topological polar surface area (TPSA) is 76.9 Å². The van der Waals surface area contributed by atoms with Crippen molar-refractivity contribution < 1.29 is 12.8 Å². The van der Waals surface area contributed by atoms with Crippen molar-refractivity contribution in [2.45, 2.75) is 43.2 Å². The molecule has 0 spiro atoms. The average Bonchev–Trinajstić information content (AvgIpc) is 3.37. The van der Waals surface area contributed by atoms with Crippen LogP contribution in [0, 0.1) is 5.82 Å². The number of halogens is 1. The molecule has 0 bridgehead atoms. The van der Waals surface area contributed by atoms with E-state index in [-0.39, 0.29) is 11.4 Å². The van der Waals surface area contributed by atoms with Gasteiger partial charge in [0, 0.05) is 18.0 Å². The van der Waals surface area contributed by atoms with Crippen LogP contribution in [0.3, 0.4) is 0 Å². The maximum Gasteiger partial charge on any atom is 0.240 e. The summed E-state index contributed by atoms with van der Waals surface area (Å²) in [7, 11) is -3.74. The Morgan fingerprint density at radius 2 is 1.75 bits per heavy atom. The predicted molar refractivity (Wildman–Crippen MR) is 103 cm³/mol. The van der Waals surface area contributed by atoms with Crippen molar-refractivity contribution in [3.05, 3.63) is 66.4 Å². The first-order valence-electron chi connectivity index (χ1n) is 9.27. The molecule has 0 radical (unpaired) electrons. The first-order valence-corrected chi connectivity index (χ1v) is 10.8. The molecule has 28 heavy (non-hydrogen) atoms. The Labute approximate surface area is 163 Å². The van der Waals surface area contributed by atoms with E-state index in [4.69, 9.17) is 0 Å². The Morgan fingerprint density at radius 3 is 2.43 bits per heavy atom. The van der Waals surface area contributed by atoms with Gasteiger partial charge in [0.25, 0.3) is 0 Å². The van der Waals surface area contributed by atoms with Crippen LogP contribution in [-0.4, -0.2) is 23.2 Å². The number of aromatic nitrogens is 3. The lowest BCUT2D eigenvalue weighted by molar-refractivity contribution is 0.467. The van der Waals surface area contributed by atoms with Gasteiger partial charge in [0.2, 0.25) is 10.0 Å². The summed E-state index contributed by atoms with van der Waals surface area (Å²) in [6.07, 6.45) is 7.96. The van der Waals surface area contributed by atoms with Crippen molar-refractivity contribution in [3.8, 4) is 11.3 Å². The molecule has 0 saturated heterocycles.